The molecule has 0 bridgehead atoms. The zero-order valence-electron chi connectivity index (χ0n) is 53.3. The van der Waals surface area contributed by atoms with Gasteiger partial charge in [-0.25, -0.2) is 4.79 Å². The molecule has 0 radical (unpaired) electrons. The van der Waals surface area contributed by atoms with Gasteiger partial charge in [0.15, 0.2) is 12.6 Å². The van der Waals surface area contributed by atoms with Crippen LogP contribution < -0.4 is 10.6 Å². The van der Waals surface area contributed by atoms with Gasteiger partial charge in [-0.2, -0.15) is 0 Å². The lowest BCUT2D eigenvalue weighted by Gasteiger charge is -2.50. The van der Waals surface area contributed by atoms with Gasteiger partial charge in [0.1, 0.15) is 67.1 Å². The molecule has 18 atom stereocenters. The quantitative estimate of drug-likeness (QED) is 0.0272. The second-order valence-corrected chi connectivity index (χ2v) is 24.7. The zero-order chi connectivity index (χ0) is 64.7. The van der Waals surface area contributed by atoms with Crippen molar-refractivity contribution >= 4 is 17.8 Å². The van der Waals surface area contributed by atoms with E-state index in [9.17, 15) is 75.7 Å². The van der Waals surface area contributed by atoms with E-state index < -0.39 is 155 Å². The predicted molar refractivity (Wildman–Crippen MR) is 329 cm³/mol. The Hall–Kier alpha value is -2.79. The summed E-state index contributed by atoms with van der Waals surface area (Å²) in [5.41, 5.74) is 0. The van der Waals surface area contributed by atoms with Crippen molar-refractivity contribution in [3.8, 4) is 0 Å². The molecule has 3 aliphatic rings. The summed E-state index contributed by atoms with van der Waals surface area (Å²) in [5, 5.41) is 136. The molecule has 0 aromatic rings. The first-order chi connectivity index (χ1) is 42.4. The number of carbonyl (C=O) groups is 3. The topological polar surface area (TPSA) is 373 Å². The van der Waals surface area contributed by atoms with Crippen LogP contribution in [0.15, 0.2) is 24.3 Å². The number of ether oxygens (including phenoxy) is 6. The lowest BCUT2D eigenvalue weighted by molar-refractivity contribution is -0.386. The number of carboxylic acids is 1. The third-order valence-electron chi connectivity index (χ3n) is 17.1. The number of carboxylic acid groups (broad SMARTS) is 1. The fourth-order valence-corrected chi connectivity index (χ4v) is 11.7. The average Bonchev–Trinajstić information content (AvgIpc) is 0.823. The molecule has 0 aliphatic carbocycles. The van der Waals surface area contributed by atoms with Gasteiger partial charge in [0, 0.05) is 19.8 Å². The normalized spacial score (nSPS) is 29.1. The van der Waals surface area contributed by atoms with E-state index in [1.807, 2.05) is 6.08 Å². The van der Waals surface area contributed by atoms with E-state index >= 15 is 0 Å². The predicted octanol–water partition coefficient (Wildman–Crippen LogP) is 5.28. The molecular formula is C65H118N2O21. The first-order valence-corrected chi connectivity index (χ1v) is 33.7. The lowest BCUT2D eigenvalue weighted by Crippen LogP contribution is -2.70. The van der Waals surface area contributed by atoms with E-state index in [1.165, 1.54) is 141 Å². The highest BCUT2D eigenvalue weighted by Crippen LogP contribution is 2.39. The van der Waals surface area contributed by atoms with Crippen LogP contribution in [0, 0.1) is 0 Å². The summed E-state index contributed by atoms with van der Waals surface area (Å²) >= 11 is 0. The second-order valence-electron chi connectivity index (χ2n) is 24.7. The third kappa shape index (κ3) is 29.0. The van der Waals surface area contributed by atoms with Crippen LogP contribution in [0.2, 0.25) is 0 Å². The molecule has 0 aromatic carbocycles. The van der Waals surface area contributed by atoms with Gasteiger partial charge >= 0.3 is 5.97 Å². The smallest absolute Gasteiger partial charge is 0.364 e. The SMILES string of the molecule is CCCCCCCC/C=C\CCCCCC(=O)NC(COC1OC(CO)C(OC2OC(CO)C(O)C(OC3(C(=O)O)CC(O)C(NC(C)=O)C(C(O)C(O)CO)O3)C2O)C(O)C1O)C(O)/C=C/CCCCCCCCCCCCCCCCCCCCC. The highest BCUT2D eigenvalue weighted by atomic mass is 16.8. The highest BCUT2D eigenvalue weighted by molar-refractivity contribution is 5.77. The van der Waals surface area contributed by atoms with Crippen LogP contribution in [0.25, 0.3) is 0 Å². The minimum atomic E-state index is -3.08. The number of hydrogen-bond acceptors (Lipinski definition) is 20. The number of amides is 2. The molecule has 3 rings (SSSR count). The molecular weight excluding hydrogens is 1140 g/mol. The lowest BCUT2D eigenvalue weighted by atomic mass is 9.88. The molecule has 23 nitrogen and oxygen atoms in total. The number of aliphatic carboxylic acids is 1. The summed E-state index contributed by atoms with van der Waals surface area (Å²) in [6, 6.07) is -2.62. The van der Waals surface area contributed by atoms with E-state index in [0.717, 1.165) is 51.9 Å². The monoisotopic (exact) mass is 1260 g/mol. The molecule has 0 spiro atoms. The molecule has 3 heterocycles. The Bertz CT molecular complexity index is 1890. The average molecular weight is 1260 g/mol. The van der Waals surface area contributed by atoms with Crippen molar-refractivity contribution < 1.29 is 104 Å². The number of nitrogens with one attached hydrogen (secondary N) is 2. The van der Waals surface area contributed by atoms with Crippen LogP contribution >= 0.6 is 0 Å². The third-order valence-corrected chi connectivity index (χ3v) is 17.1. The van der Waals surface area contributed by atoms with Gasteiger partial charge in [-0.3, -0.25) is 9.59 Å². The fourth-order valence-electron chi connectivity index (χ4n) is 11.7. The van der Waals surface area contributed by atoms with E-state index in [-0.39, 0.29) is 12.3 Å². The van der Waals surface area contributed by atoms with Crippen LogP contribution in [0.5, 0.6) is 0 Å². The van der Waals surface area contributed by atoms with Crippen LogP contribution in [-0.4, -0.2) is 215 Å². The van der Waals surface area contributed by atoms with Gasteiger partial charge in [0.25, 0.3) is 5.79 Å². The van der Waals surface area contributed by atoms with E-state index in [1.54, 1.807) is 6.08 Å². The largest absolute Gasteiger partial charge is 0.477 e. The van der Waals surface area contributed by atoms with Gasteiger partial charge in [-0.15, -0.1) is 0 Å². The molecule has 18 unspecified atom stereocenters. The van der Waals surface area contributed by atoms with Gasteiger partial charge < -0.3 is 100 Å². The van der Waals surface area contributed by atoms with Crippen LogP contribution in [0.4, 0.5) is 0 Å². The molecule has 14 N–H and O–H groups in total. The Morgan fingerprint density at radius 1 is 0.591 bits per heavy atom. The van der Waals surface area contributed by atoms with Gasteiger partial charge in [0.2, 0.25) is 11.8 Å². The van der Waals surface area contributed by atoms with Crippen molar-refractivity contribution in [2.24, 2.45) is 0 Å². The summed E-state index contributed by atoms with van der Waals surface area (Å²) in [6.45, 7) is 2.11. The van der Waals surface area contributed by atoms with Gasteiger partial charge in [-0.05, 0) is 44.9 Å². The number of unbranched alkanes of at least 4 members (excludes halogenated alkanes) is 28. The van der Waals surface area contributed by atoms with Crippen LogP contribution in [-0.2, 0) is 42.8 Å². The maximum absolute atomic E-state index is 13.4. The Labute approximate surface area is 523 Å². The summed E-state index contributed by atoms with van der Waals surface area (Å²) in [6.07, 6.45) is 15.2. The zero-order valence-corrected chi connectivity index (χ0v) is 53.3. The van der Waals surface area contributed by atoms with Gasteiger partial charge in [0.05, 0.1) is 50.7 Å². The molecule has 0 saturated carbocycles. The molecule has 88 heavy (non-hydrogen) atoms. The molecule has 3 aliphatic heterocycles. The fraction of sp³-hybridized carbons (Fsp3) is 0.892. The molecule has 3 fully saturated rings. The maximum Gasteiger partial charge on any atom is 0.364 e. The van der Waals surface area contributed by atoms with Crippen molar-refractivity contribution in [1.82, 2.24) is 10.6 Å². The Morgan fingerprint density at radius 2 is 1.07 bits per heavy atom. The Balaban J connectivity index is 1.62. The first kappa shape index (κ1) is 79.4. The molecule has 23 heteroatoms. The maximum atomic E-state index is 13.4. The van der Waals surface area contributed by atoms with E-state index in [0.29, 0.717) is 12.8 Å². The van der Waals surface area contributed by atoms with Crippen molar-refractivity contribution in [1.29, 1.82) is 0 Å². The number of hydrogen-bond donors (Lipinski definition) is 14. The van der Waals surface area contributed by atoms with Crippen molar-refractivity contribution in [2.75, 3.05) is 26.4 Å². The number of aliphatic hydroxyl groups is 11. The molecule has 3 saturated heterocycles. The number of allylic oxidation sites excluding steroid dienone is 3. The van der Waals surface area contributed by atoms with Crippen LogP contribution in [0.1, 0.15) is 233 Å². The molecule has 2 amide bonds. The molecule has 0 aromatic heterocycles. The summed E-state index contributed by atoms with van der Waals surface area (Å²) < 4.78 is 34.7. The highest BCUT2D eigenvalue weighted by Gasteiger charge is 2.60. The Kier molecular flexibility index (Phi) is 41.8. The first-order valence-electron chi connectivity index (χ1n) is 33.7. The van der Waals surface area contributed by atoms with E-state index in [2.05, 4.69) is 36.6 Å². The number of aliphatic hydroxyl groups excluding tert-OH is 11. The van der Waals surface area contributed by atoms with Crippen LogP contribution in [0.3, 0.4) is 0 Å². The second kappa shape index (κ2) is 46.3. The number of rotatable bonds is 50. The van der Waals surface area contributed by atoms with Crippen molar-refractivity contribution in [3.63, 3.8) is 0 Å². The minimum Gasteiger partial charge on any atom is -0.477 e. The number of carbonyl (C=O) groups excluding carboxylic acids is 2. The minimum absolute atomic E-state index is 0.180. The molecule has 514 valence electrons. The standard InChI is InChI=1S/C65H118N2O21/c1-4-6-8-10-12-14-16-18-19-20-21-22-23-24-25-27-28-30-32-34-36-38-47(72)46(67-52(75)39-37-35-33-31-29-26-17-15-13-11-9-7-5-2)44-83-62-57(79)56(78)59(51(43-70)85-62)86-63-58(80)61(55(77)50(42-69)84-63)88-65(64(81)82)40-48(73)53(66-45(3)71)60(87-65)54(76)49(74)41-68/h26,29,36,38,46-51,53-63,68-70,72-74,76-80H,4-25,27-28,30-35,37,39-44H2,1-3H3,(H,66,71)(H,67,75)(H,81,82)/b29-26-,38-36+. The van der Waals surface area contributed by atoms with Crippen molar-refractivity contribution in [3.05, 3.63) is 24.3 Å². The summed E-state index contributed by atoms with van der Waals surface area (Å²) in [5.74, 6) is -6.16. The van der Waals surface area contributed by atoms with Crippen molar-refractivity contribution in [2.45, 2.75) is 342 Å². The Morgan fingerprint density at radius 3 is 1.55 bits per heavy atom. The summed E-state index contributed by atoms with van der Waals surface area (Å²) in [7, 11) is 0. The van der Waals surface area contributed by atoms with Gasteiger partial charge in [-0.1, -0.05) is 192 Å². The van der Waals surface area contributed by atoms with E-state index in [4.69, 9.17) is 28.4 Å². The summed E-state index contributed by atoms with van der Waals surface area (Å²) in [4.78, 5) is 38.4.